The summed E-state index contributed by atoms with van der Waals surface area (Å²) >= 11 is 0. The minimum absolute atomic E-state index is 0.351. The van der Waals surface area contributed by atoms with Gasteiger partial charge in [-0.3, -0.25) is 0 Å². The molecule has 0 aliphatic heterocycles. The molecule has 0 heterocycles. The predicted molar refractivity (Wildman–Crippen MR) is 71.5 cm³/mol. The van der Waals surface area contributed by atoms with Crippen molar-refractivity contribution >= 4 is 5.97 Å². The lowest BCUT2D eigenvalue weighted by molar-refractivity contribution is -0.158. The van der Waals surface area contributed by atoms with Crippen molar-refractivity contribution in [1.29, 1.82) is 0 Å². The minimum atomic E-state index is -0.582. The van der Waals surface area contributed by atoms with E-state index in [0.717, 1.165) is 5.75 Å². The summed E-state index contributed by atoms with van der Waals surface area (Å²) in [6.07, 6.45) is 2.59. The number of ether oxygens (including phenoxy) is 2. The van der Waals surface area contributed by atoms with E-state index in [1.807, 2.05) is 44.2 Å². The smallest absolute Gasteiger partial charge is 0.330 e. The molecule has 0 radical (unpaired) electrons. The molecule has 0 saturated heterocycles. The van der Waals surface area contributed by atoms with Gasteiger partial charge < -0.3 is 9.47 Å². The molecule has 1 aromatic rings. The summed E-state index contributed by atoms with van der Waals surface area (Å²) < 4.78 is 11.1. The van der Waals surface area contributed by atoms with Gasteiger partial charge in [0.2, 0.25) is 0 Å². The van der Waals surface area contributed by atoms with Gasteiger partial charge in [-0.25, -0.2) is 4.79 Å². The number of para-hydroxylation sites is 1. The van der Waals surface area contributed by atoms with Crippen molar-refractivity contribution in [3.63, 3.8) is 0 Å². The van der Waals surface area contributed by atoms with Crippen LogP contribution in [0.2, 0.25) is 0 Å². The van der Waals surface area contributed by atoms with Gasteiger partial charge in [0.25, 0.3) is 0 Å². The van der Waals surface area contributed by atoms with Gasteiger partial charge in [-0.1, -0.05) is 38.6 Å². The highest BCUT2D eigenvalue weighted by molar-refractivity contribution is 5.81. The summed E-state index contributed by atoms with van der Waals surface area (Å²) in [5, 5.41) is 0. The maximum atomic E-state index is 11.4. The Morgan fingerprint density at radius 1 is 1.28 bits per heavy atom. The summed E-state index contributed by atoms with van der Waals surface area (Å²) in [6, 6.07) is 9.50. The van der Waals surface area contributed by atoms with Crippen molar-refractivity contribution < 1.29 is 14.3 Å². The molecule has 1 aromatic carbocycles. The Morgan fingerprint density at radius 2 is 1.89 bits per heavy atom. The first kappa shape index (κ1) is 14.3. The monoisotopic (exact) mass is 248 g/mol. The lowest BCUT2D eigenvalue weighted by atomic mass is 9.98. The van der Waals surface area contributed by atoms with Crippen LogP contribution in [-0.4, -0.2) is 18.2 Å². The Labute approximate surface area is 108 Å². The second-order valence-electron chi connectivity index (χ2n) is 4.12. The van der Waals surface area contributed by atoms with Crippen molar-refractivity contribution in [3.8, 4) is 5.75 Å². The third-order valence-corrected chi connectivity index (χ3v) is 3.02. The first-order chi connectivity index (χ1) is 8.65. The molecule has 0 N–H and O–H groups in total. The Morgan fingerprint density at radius 3 is 2.39 bits per heavy atom. The molecule has 0 amide bonds. The zero-order chi connectivity index (χ0) is 13.4. The van der Waals surface area contributed by atoms with Crippen LogP contribution in [0, 0.1) is 0 Å². The molecular formula is C15H20O3. The molecule has 0 unspecified atom stereocenters. The molecule has 0 saturated carbocycles. The number of hydrogen-bond acceptors (Lipinski definition) is 3. The fourth-order valence-corrected chi connectivity index (χ4v) is 1.61. The lowest BCUT2D eigenvalue weighted by Gasteiger charge is -2.30. The summed E-state index contributed by atoms with van der Waals surface area (Å²) in [7, 11) is 0. The van der Waals surface area contributed by atoms with Crippen LogP contribution in [0.3, 0.4) is 0 Å². The van der Waals surface area contributed by atoms with E-state index >= 15 is 0 Å². The van der Waals surface area contributed by atoms with E-state index in [4.69, 9.17) is 9.47 Å². The highest BCUT2D eigenvalue weighted by Gasteiger charge is 2.31. The molecule has 0 bridgehead atoms. The molecule has 0 aliphatic carbocycles. The number of hydrogen-bond donors (Lipinski definition) is 0. The van der Waals surface area contributed by atoms with Crippen LogP contribution < -0.4 is 4.74 Å². The van der Waals surface area contributed by atoms with Gasteiger partial charge >= 0.3 is 5.97 Å². The topological polar surface area (TPSA) is 35.5 Å². The van der Waals surface area contributed by atoms with Crippen LogP contribution in [0.25, 0.3) is 0 Å². The second kappa shape index (κ2) is 6.84. The summed E-state index contributed by atoms with van der Waals surface area (Å²) in [5.74, 6) is 0.369. The highest BCUT2D eigenvalue weighted by Crippen LogP contribution is 2.23. The Balaban J connectivity index is 2.67. The summed E-state index contributed by atoms with van der Waals surface area (Å²) in [4.78, 5) is 11.4. The van der Waals surface area contributed by atoms with Crippen LogP contribution in [0.1, 0.15) is 26.7 Å². The largest absolute Gasteiger partial charge is 0.489 e. The molecular weight excluding hydrogens is 228 g/mol. The lowest BCUT2D eigenvalue weighted by Crippen LogP contribution is -2.39. The normalized spacial score (nSPS) is 10.8. The molecule has 0 aliphatic rings. The van der Waals surface area contributed by atoms with Crippen LogP contribution in [0.15, 0.2) is 43.0 Å². The van der Waals surface area contributed by atoms with Crippen molar-refractivity contribution in [1.82, 2.24) is 0 Å². The van der Waals surface area contributed by atoms with Gasteiger partial charge in [0, 0.05) is 6.08 Å². The molecule has 3 nitrogen and oxygen atoms in total. The third-order valence-electron chi connectivity index (χ3n) is 3.02. The predicted octanol–water partition coefficient (Wildman–Crippen LogP) is 3.35. The number of esters is 1. The summed E-state index contributed by atoms with van der Waals surface area (Å²) in [6.45, 7) is 7.73. The highest BCUT2D eigenvalue weighted by atomic mass is 16.6. The molecule has 3 heteroatoms. The molecule has 1 rings (SSSR count). The fourth-order valence-electron chi connectivity index (χ4n) is 1.61. The Bertz CT molecular complexity index is 380. The van der Waals surface area contributed by atoms with Crippen molar-refractivity contribution in [2.24, 2.45) is 0 Å². The number of carbonyl (C=O) groups excluding carboxylic acids is 1. The number of rotatable bonds is 7. The first-order valence-electron chi connectivity index (χ1n) is 6.19. The van der Waals surface area contributed by atoms with E-state index in [0.29, 0.717) is 19.4 Å². The van der Waals surface area contributed by atoms with E-state index in [1.54, 1.807) is 0 Å². The van der Waals surface area contributed by atoms with Crippen molar-refractivity contribution in [2.75, 3.05) is 6.61 Å². The number of benzene rings is 1. The van der Waals surface area contributed by atoms with Gasteiger partial charge in [0.1, 0.15) is 18.0 Å². The number of carbonyl (C=O) groups is 1. The van der Waals surface area contributed by atoms with Gasteiger partial charge in [0.15, 0.2) is 0 Å². The third kappa shape index (κ3) is 3.91. The maximum Gasteiger partial charge on any atom is 0.330 e. The second-order valence-corrected chi connectivity index (χ2v) is 4.12. The Kier molecular flexibility index (Phi) is 5.43. The minimum Gasteiger partial charge on any atom is -0.489 e. The first-order valence-corrected chi connectivity index (χ1v) is 6.19. The summed E-state index contributed by atoms with van der Waals surface area (Å²) in [5.41, 5.74) is -0.582. The van der Waals surface area contributed by atoms with Crippen molar-refractivity contribution in [3.05, 3.63) is 43.0 Å². The van der Waals surface area contributed by atoms with Crippen LogP contribution in [0.5, 0.6) is 5.75 Å². The zero-order valence-corrected chi connectivity index (χ0v) is 11.0. The molecule has 0 fully saturated rings. The van der Waals surface area contributed by atoms with Gasteiger partial charge in [-0.05, 0) is 25.0 Å². The average molecular weight is 248 g/mol. The molecule has 18 heavy (non-hydrogen) atoms. The van der Waals surface area contributed by atoms with E-state index < -0.39 is 11.6 Å². The van der Waals surface area contributed by atoms with Gasteiger partial charge in [0.05, 0.1) is 0 Å². The molecule has 0 atom stereocenters. The SMILES string of the molecule is C=CC(=O)OC(CC)(CC)COc1ccccc1. The van der Waals surface area contributed by atoms with Gasteiger partial charge in [-0.2, -0.15) is 0 Å². The van der Waals surface area contributed by atoms with E-state index in [1.165, 1.54) is 6.08 Å². The van der Waals surface area contributed by atoms with Gasteiger partial charge in [-0.15, -0.1) is 0 Å². The van der Waals surface area contributed by atoms with E-state index in [2.05, 4.69) is 6.58 Å². The van der Waals surface area contributed by atoms with Crippen LogP contribution >= 0.6 is 0 Å². The zero-order valence-electron chi connectivity index (χ0n) is 11.0. The molecule has 98 valence electrons. The molecule has 0 spiro atoms. The van der Waals surface area contributed by atoms with Crippen LogP contribution in [0.4, 0.5) is 0 Å². The van der Waals surface area contributed by atoms with Crippen molar-refractivity contribution in [2.45, 2.75) is 32.3 Å². The standard InChI is InChI=1S/C15H20O3/c1-4-14(16)18-15(5-2,6-3)12-17-13-10-8-7-9-11-13/h4,7-11H,1,5-6,12H2,2-3H3. The Hall–Kier alpha value is -1.77. The van der Waals surface area contributed by atoms with E-state index in [-0.39, 0.29) is 0 Å². The fraction of sp³-hybridized carbons (Fsp3) is 0.400. The van der Waals surface area contributed by atoms with Crippen LogP contribution in [-0.2, 0) is 9.53 Å². The molecule has 0 aromatic heterocycles. The quantitative estimate of drug-likeness (QED) is 0.548. The van der Waals surface area contributed by atoms with E-state index in [9.17, 15) is 4.79 Å². The average Bonchev–Trinajstić information content (AvgIpc) is 2.44. The maximum absolute atomic E-state index is 11.4.